The van der Waals surface area contributed by atoms with Crippen LogP contribution in [0.15, 0.2) is 30.3 Å². The molecule has 1 heterocycles. The molecule has 0 aromatic heterocycles. The predicted octanol–water partition coefficient (Wildman–Crippen LogP) is 4.46. The van der Waals surface area contributed by atoms with Crippen LogP contribution in [0.5, 0.6) is 0 Å². The zero-order valence-corrected chi connectivity index (χ0v) is 18.9. The molecule has 30 heavy (non-hydrogen) atoms. The third-order valence-electron chi connectivity index (χ3n) is 5.93. The number of nitrogens with one attached hydrogen (secondary N) is 1. The Labute approximate surface area is 183 Å². The van der Waals surface area contributed by atoms with Gasteiger partial charge in [0.25, 0.3) is 0 Å². The largest absolute Gasteiger partial charge is 0.386 e. The number of aliphatic hydroxyl groups is 1. The average molecular weight is 419 g/mol. The summed E-state index contributed by atoms with van der Waals surface area (Å²) >= 11 is 0. The molecular weight excluding hydrogens is 376 g/mol. The molecule has 0 saturated carbocycles. The molecule has 0 aliphatic carbocycles. The molecule has 0 bridgehead atoms. The molecule has 1 saturated heterocycles. The molecule has 1 aliphatic heterocycles. The van der Waals surface area contributed by atoms with Crippen LogP contribution in [0, 0.1) is 0 Å². The van der Waals surface area contributed by atoms with Gasteiger partial charge in [0.15, 0.2) is 0 Å². The van der Waals surface area contributed by atoms with Gasteiger partial charge in [-0.05, 0) is 12.0 Å². The number of ether oxygens (including phenoxy) is 1. The number of hydrogen-bond donors (Lipinski definition) is 2. The zero-order valence-electron chi connectivity index (χ0n) is 18.9. The van der Waals surface area contributed by atoms with Crippen LogP contribution in [0.25, 0.3) is 0 Å². The lowest BCUT2D eigenvalue weighted by molar-refractivity contribution is -0.123. The number of carbonyl (C=O) groups excluding carboxylic acids is 1. The van der Waals surface area contributed by atoms with Crippen molar-refractivity contribution >= 4 is 5.91 Å². The number of carbonyl (C=O) groups is 1. The molecule has 5 heteroatoms. The summed E-state index contributed by atoms with van der Waals surface area (Å²) in [6, 6.07) is 9.32. The predicted molar refractivity (Wildman–Crippen MR) is 122 cm³/mol. The quantitative estimate of drug-likeness (QED) is 0.413. The van der Waals surface area contributed by atoms with Crippen molar-refractivity contribution in [3.05, 3.63) is 35.9 Å². The van der Waals surface area contributed by atoms with Crippen molar-refractivity contribution < 1.29 is 14.6 Å². The van der Waals surface area contributed by atoms with E-state index in [4.69, 9.17) is 4.74 Å². The lowest BCUT2D eigenvalue weighted by atomic mass is 10.0. The van der Waals surface area contributed by atoms with Gasteiger partial charge in [0.2, 0.25) is 5.91 Å². The molecule has 2 N–H and O–H groups in total. The van der Waals surface area contributed by atoms with Crippen molar-refractivity contribution in [3.63, 3.8) is 0 Å². The van der Waals surface area contributed by atoms with Crippen LogP contribution >= 0.6 is 0 Å². The Bertz CT molecular complexity index is 561. The van der Waals surface area contributed by atoms with Crippen molar-refractivity contribution in [3.8, 4) is 0 Å². The first-order valence-corrected chi connectivity index (χ1v) is 12.0. The van der Waals surface area contributed by atoms with E-state index in [1.165, 1.54) is 44.9 Å². The van der Waals surface area contributed by atoms with Gasteiger partial charge in [-0.3, -0.25) is 9.69 Å². The van der Waals surface area contributed by atoms with Crippen LogP contribution in [-0.2, 0) is 9.53 Å². The molecule has 1 aromatic carbocycles. The van der Waals surface area contributed by atoms with Crippen molar-refractivity contribution in [1.82, 2.24) is 10.2 Å². The summed E-state index contributed by atoms with van der Waals surface area (Å²) in [5.41, 5.74) is 0.846. The fourth-order valence-electron chi connectivity index (χ4n) is 4.04. The molecule has 1 amide bonds. The van der Waals surface area contributed by atoms with Gasteiger partial charge in [0.05, 0.1) is 19.3 Å². The first-order valence-electron chi connectivity index (χ1n) is 12.0. The minimum Gasteiger partial charge on any atom is -0.386 e. The molecular formula is C25H42N2O3. The second-order valence-corrected chi connectivity index (χ2v) is 8.52. The average Bonchev–Trinajstić information content (AvgIpc) is 2.78. The summed E-state index contributed by atoms with van der Waals surface area (Å²) in [4.78, 5) is 14.8. The summed E-state index contributed by atoms with van der Waals surface area (Å²) in [7, 11) is 0. The highest BCUT2D eigenvalue weighted by Gasteiger charge is 2.26. The highest BCUT2D eigenvalue weighted by Crippen LogP contribution is 2.18. The second-order valence-electron chi connectivity index (χ2n) is 8.52. The first-order chi connectivity index (χ1) is 14.7. The van der Waals surface area contributed by atoms with Gasteiger partial charge in [-0.2, -0.15) is 0 Å². The molecule has 0 radical (unpaired) electrons. The van der Waals surface area contributed by atoms with E-state index in [0.29, 0.717) is 26.2 Å². The molecule has 1 aromatic rings. The third-order valence-corrected chi connectivity index (χ3v) is 5.93. The van der Waals surface area contributed by atoms with Gasteiger partial charge in [-0.1, -0.05) is 88.6 Å². The highest BCUT2D eigenvalue weighted by molar-refractivity contribution is 5.76. The molecule has 2 rings (SSSR count). The number of rotatable bonds is 15. The maximum Gasteiger partial charge on any atom is 0.220 e. The lowest BCUT2D eigenvalue weighted by Crippen LogP contribution is -2.49. The maximum atomic E-state index is 12.6. The van der Waals surface area contributed by atoms with E-state index in [9.17, 15) is 9.90 Å². The van der Waals surface area contributed by atoms with Crippen molar-refractivity contribution in [2.45, 2.75) is 83.3 Å². The van der Waals surface area contributed by atoms with E-state index < -0.39 is 6.10 Å². The maximum absolute atomic E-state index is 12.6. The molecule has 2 atom stereocenters. The van der Waals surface area contributed by atoms with E-state index in [2.05, 4.69) is 17.1 Å². The number of hydrogen-bond acceptors (Lipinski definition) is 4. The fourth-order valence-corrected chi connectivity index (χ4v) is 4.04. The third kappa shape index (κ3) is 10.1. The van der Waals surface area contributed by atoms with Crippen LogP contribution in [-0.4, -0.2) is 54.8 Å². The molecule has 1 fully saturated rings. The topological polar surface area (TPSA) is 61.8 Å². The fraction of sp³-hybridized carbons (Fsp3) is 0.720. The summed E-state index contributed by atoms with van der Waals surface area (Å²) in [5, 5.41) is 14.0. The Morgan fingerprint density at radius 3 is 2.23 bits per heavy atom. The molecule has 2 unspecified atom stereocenters. The molecule has 0 spiro atoms. The van der Waals surface area contributed by atoms with E-state index >= 15 is 0 Å². The SMILES string of the molecule is CCCCCCCCCCCC(=O)NC(CN1CCOCC1)C(O)c1ccccc1. The Hall–Kier alpha value is -1.43. The number of aliphatic hydroxyl groups excluding tert-OH is 1. The normalized spacial score (nSPS) is 16.9. The number of amides is 1. The van der Waals surface area contributed by atoms with Gasteiger partial charge < -0.3 is 15.2 Å². The van der Waals surface area contributed by atoms with Gasteiger partial charge in [0, 0.05) is 26.1 Å². The van der Waals surface area contributed by atoms with E-state index in [1.54, 1.807) is 0 Å². The first kappa shape index (κ1) is 24.8. The number of nitrogens with zero attached hydrogens (tertiary/aromatic N) is 1. The van der Waals surface area contributed by atoms with Crippen LogP contribution in [0.4, 0.5) is 0 Å². The lowest BCUT2D eigenvalue weighted by Gasteiger charge is -2.33. The minimum atomic E-state index is -0.707. The zero-order chi connectivity index (χ0) is 21.4. The molecule has 5 nitrogen and oxygen atoms in total. The summed E-state index contributed by atoms with van der Waals surface area (Å²) in [6.45, 7) is 5.98. The smallest absolute Gasteiger partial charge is 0.220 e. The summed E-state index contributed by atoms with van der Waals surface area (Å²) in [5.74, 6) is 0.0474. The van der Waals surface area contributed by atoms with Crippen LogP contribution in [0.2, 0.25) is 0 Å². The van der Waals surface area contributed by atoms with Crippen LogP contribution in [0.1, 0.15) is 82.8 Å². The standard InChI is InChI=1S/C25H42N2O3/c1-2-3-4-5-6-7-8-9-13-16-24(28)26-23(21-27-17-19-30-20-18-27)25(29)22-14-11-10-12-15-22/h10-12,14-15,23,25,29H,2-9,13,16-21H2,1H3,(H,26,28). The second kappa shape index (κ2) is 15.4. The van der Waals surface area contributed by atoms with Crippen molar-refractivity contribution in [2.75, 3.05) is 32.8 Å². The monoisotopic (exact) mass is 418 g/mol. The Morgan fingerprint density at radius 1 is 1.00 bits per heavy atom. The van der Waals surface area contributed by atoms with Crippen LogP contribution in [0.3, 0.4) is 0 Å². The van der Waals surface area contributed by atoms with E-state index in [1.807, 2.05) is 30.3 Å². The number of morpholine rings is 1. The molecule has 1 aliphatic rings. The summed E-state index contributed by atoms with van der Waals surface area (Å²) in [6.07, 6.45) is 11.0. The van der Waals surface area contributed by atoms with E-state index in [-0.39, 0.29) is 11.9 Å². The van der Waals surface area contributed by atoms with Crippen molar-refractivity contribution in [2.24, 2.45) is 0 Å². The number of benzene rings is 1. The van der Waals surface area contributed by atoms with E-state index in [0.717, 1.165) is 31.5 Å². The summed E-state index contributed by atoms with van der Waals surface area (Å²) < 4.78 is 5.43. The molecule has 170 valence electrons. The van der Waals surface area contributed by atoms with Gasteiger partial charge in [0.1, 0.15) is 6.10 Å². The van der Waals surface area contributed by atoms with Crippen LogP contribution < -0.4 is 5.32 Å². The van der Waals surface area contributed by atoms with Gasteiger partial charge in [-0.25, -0.2) is 0 Å². The minimum absolute atomic E-state index is 0.0474. The highest BCUT2D eigenvalue weighted by atomic mass is 16.5. The Balaban J connectivity index is 1.73. The van der Waals surface area contributed by atoms with Crippen molar-refractivity contribution in [1.29, 1.82) is 0 Å². The Kier molecular flexibility index (Phi) is 12.7. The van der Waals surface area contributed by atoms with Gasteiger partial charge >= 0.3 is 0 Å². The Morgan fingerprint density at radius 2 is 1.60 bits per heavy atom. The number of unbranched alkanes of at least 4 members (excludes halogenated alkanes) is 8. The van der Waals surface area contributed by atoms with Gasteiger partial charge in [-0.15, -0.1) is 0 Å².